The van der Waals surface area contributed by atoms with Crippen LogP contribution in [0.2, 0.25) is 0 Å². The van der Waals surface area contributed by atoms with Gasteiger partial charge in [0.2, 0.25) is 0 Å². The van der Waals surface area contributed by atoms with E-state index in [1.165, 1.54) is 37.7 Å². The molecule has 1 aromatic heterocycles. The summed E-state index contributed by atoms with van der Waals surface area (Å²) >= 11 is 1.25. The smallest absolute Gasteiger partial charge is 0.313 e. The zero-order valence-corrected chi connectivity index (χ0v) is 10.8. The summed E-state index contributed by atoms with van der Waals surface area (Å²) in [5, 5.41) is 17.4. The average Bonchev–Trinajstić information content (AvgIpc) is 2.86. The number of hydrogen-bond acceptors (Lipinski definition) is 5. The maximum absolute atomic E-state index is 10.6. The van der Waals surface area contributed by atoms with Gasteiger partial charge in [0, 0.05) is 6.54 Å². The van der Waals surface area contributed by atoms with Crippen molar-refractivity contribution in [3.63, 3.8) is 0 Å². The molecule has 0 radical (unpaired) electrons. The third-order valence-electron chi connectivity index (χ3n) is 3.84. The van der Waals surface area contributed by atoms with E-state index in [0.29, 0.717) is 12.0 Å². The third-order valence-corrected chi connectivity index (χ3v) is 4.79. The standard InChI is InChI=1S/C11H16N4O2S/c16-10(17)6-18-11-13-12-7-15(11)9-5-14-3-1-8(9)2-4-14/h7-9H,1-6H2,(H,16,17). The average molecular weight is 268 g/mol. The predicted octanol–water partition coefficient (Wildman–Crippen LogP) is 0.722. The molecule has 3 aliphatic rings. The van der Waals surface area contributed by atoms with Crippen LogP contribution in [-0.4, -0.2) is 56.1 Å². The molecular formula is C11H16N4O2S. The Morgan fingerprint density at radius 2 is 2.28 bits per heavy atom. The molecule has 0 amide bonds. The molecule has 7 heteroatoms. The number of carboxylic acid groups (broad SMARTS) is 1. The van der Waals surface area contributed by atoms with Crippen LogP contribution in [0.3, 0.4) is 0 Å². The largest absolute Gasteiger partial charge is 0.481 e. The van der Waals surface area contributed by atoms with Gasteiger partial charge in [-0.3, -0.25) is 4.79 Å². The van der Waals surface area contributed by atoms with Gasteiger partial charge in [-0.15, -0.1) is 10.2 Å². The molecule has 0 saturated carbocycles. The van der Waals surface area contributed by atoms with Gasteiger partial charge in [-0.25, -0.2) is 0 Å². The lowest BCUT2D eigenvalue weighted by Crippen LogP contribution is -2.48. The van der Waals surface area contributed by atoms with E-state index in [2.05, 4.69) is 19.7 Å². The maximum Gasteiger partial charge on any atom is 0.313 e. The summed E-state index contributed by atoms with van der Waals surface area (Å²) in [5.41, 5.74) is 0. The Balaban J connectivity index is 1.76. The molecule has 4 rings (SSSR count). The molecule has 98 valence electrons. The van der Waals surface area contributed by atoms with Gasteiger partial charge in [-0.1, -0.05) is 11.8 Å². The highest BCUT2D eigenvalue weighted by Gasteiger charge is 2.36. The quantitative estimate of drug-likeness (QED) is 0.811. The van der Waals surface area contributed by atoms with Crippen molar-refractivity contribution in [1.82, 2.24) is 19.7 Å². The third kappa shape index (κ3) is 2.24. The molecule has 3 aliphatic heterocycles. The molecule has 3 fully saturated rings. The lowest BCUT2D eigenvalue weighted by atomic mass is 9.84. The second kappa shape index (κ2) is 4.89. The second-order valence-electron chi connectivity index (χ2n) is 4.91. The lowest BCUT2D eigenvalue weighted by molar-refractivity contribution is -0.133. The minimum atomic E-state index is -0.816. The highest BCUT2D eigenvalue weighted by atomic mass is 32.2. The van der Waals surface area contributed by atoms with E-state index < -0.39 is 5.97 Å². The number of hydrogen-bond donors (Lipinski definition) is 1. The van der Waals surface area contributed by atoms with E-state index in [0.717, 1.165) is 11.7 Å². The molecule has 1 atom stereocenters. The van der Waals surface area contributed by atoms with Crippen molar-refractivity contribution in [2.24, 2.45) is 5.92 Å². The van der Waals surface area contributed by atoms with Crippen LogP contribution in [0, 0.1) is 5.92 Å². The van der Waals surface area contributed by atoms with Gasteiger partial charge < -0.3 is 14.6 Å². The molecule has 2 bridgehead atoms. The Kier molecular flexibility index (Phi) is 3.25. The van der Waals surface area contributed by atoms with E-state index in [9.17, 15) is 4.79 Å². The second-order valence-corrected chi connectivity index (χ2v) is 5.85. The maximum atomic E-state index is 10.6. The molecule has 0 spiro atoms. The van der Waals surface area contributed by atoms with E-state index >= 15 is 0 Å². The first-order valence-corrected chi connectivity index (χ1v) is 7.19. The van der Waals surface area contributed by atoms with Crippen molar-refractivity contribution in [3.05, 3.63) is 6.33 Å². The number of aliphatic carboxylic acids is 1. The number of carbonyl (C=O) groups is 1. The number of carboxylic acids is 1. The molecule has 6 nitrogen and oxygen atoms in total. The monoisotopic (exact) mass is 268 g/mol. The zero-order chi connectivity index (χ0) is 12.5. The first-order chi connectivity index (χ1) is 8.74. The molecule has 0 aliphatic carbocycles. The van der Waals surface area contributed by atoms with E-state index in [1.807, 2.05) is 0 Å². The van der Waals surface area contributed by atoms with Crippen LogP contribution in [0.15, 0.2) is 11.5 Å². The Morgan fingerprint density at radius 1 is 1.50 bits per heavy atom. The van der Waals surface area contributed by atoms with Crippen molar-refractivity contribution in [2.45, 2.75) is 24.0 Å². The summed E-state index contributed by atoms with van der Waals surface area (Å²) < 4.78 is 2.07. The first kappa shape index (κ1) is 12.0. The number of aromatic nitrogens is 3. The zero-order valence-electron chi connectivity index (χ0n) is 10.0. The summed E-state index contributed by atoms with van der Waals surface area (Å²) in [7, 11) is 0. The van der Waals surface area contributed by atoms with E-state index in [-0.39, 0.29) is 5.75 Å². The van der Waals surface area contributed by atoms with Crippen molar-refractivity contribution in [3.8, 4) is 0 Å². The number of thioether (sulfide) groups is 1. The summed E-state index contributed by atoms with van der Waals surface area (Å²) in [5.74, 6) is -0.0848. The topological polar surface area (TPSA) is 71.2 Å². The fourth-order valence-electron chi connectivity index (χ4n) is 2.94. The summed E-state index contributed by atoms with van der Waals surface area (Å²) in [6, 6.07) is 0.416. The minimum Gasteiger partial charge on any atom is -0.481 e. The van der Waals surface area contributed by atoms with Gasteiger partial charge in [-0.2, -0.15) is 0 Å². The van der Waals surface area contributed by atoms with Crippen LogP contribution in [0.4, 0.5) is 0 Å². The summed E-state index contributed by atoms with van der Waals surface area (Å²) in [4.78, 5) is 13.1. The van der Waals surface area contributed by atoms with Crippen LogP contribution in [0.25, 0.3) is 0 Å². The predicted molar refractivity (Wildman–Crippen MR) is 66.6 cm³/mol. The minimum absolute atomic E-state index is 0.0415. The molecule has 0 aromatic carbocycles. The van der Waals surface area contributed by atoms with E-state index in [4.69, 9.17) is 5.11 Å². The number of fused-ring (bicyclic) bond motifs is 3. The van der Waals surface area contributed by atoms with Crippen molar-refractivity contribution in [2.75, 3.05) is 25.4 Å². The van der Waals surface area contributed by atoms with Crippen molar-refractivity contribution >= 4 is 17.7 Å². The number of piperidine rings is 3. The fourth-order valence-corrected chi connectivity index (χ4v) is 3.63. The molecule has 3 saturated heterocycles. The molecule has 18 heavy (non-hydrogen) atoms. The summed E-state index contributed by atoms with van der Waals surface area (Å²) in [6.45, 7) is 3.44. The van der Waals surface area contributed by atoms with Crippen LogP contribution in [0.5, 0.6) is 0 Å². The highest BCUT2D eigenvalue weighted by Crippen LogP contribution is 2.37. The first-order valence-electron chi connectivity index (χ1n) is 6.20. The van der Waals surface area contributed by atoms with Crippen LogP contribution in [0.1, 0.15) is 18.9 Å². The van der Waals surface area contributed by atoms with Gasteiger partial charge in [0.05, 0.1) is 11.8 Å². The van der Waals surface area contributed by atoms with Crippen molar-refractivity contribution in [1.29, 1.82) is 0 Å². The Labute approximate surface area is 109 Å². The highest BCUT2D eigenvalue weighted by molar-refractivity contribution is 7.99. The van der Waals surface area contributed by atoms with Gasteiger partial charge in [0.25, 0.3) is 0 Å². The SMILES string of the molecule is O=C(O)CSc1nncn1C1CN2CCC1CC2. The molecule has 1 aromatic rings. The molecular weight excluding hydrogens is 252 g/mol. The Hall–Kier alpha value is -1.08. The molecule has 1 unspecified atom stereocenters. The van der Waals surface area contributed by atoms with Gasteiger partial charge in [-0.05, 0) is 31.8 Å². The number of rotatable bonds is 4. The lowest BCUT2D eigenvalue weighted by Gasteiger charge is -2.45. The fraction of sp³-hybridized carbons (Fsp3) is 0.727. The normalized spacial score (nSPS) is 30.6. The Morgan fingerprint density at radius 3 is 2.89 bits per heavy atom. The molecule has 1 N–H and O–H groups in total. The molecule has 4 heterocycles. The van der Waals surface area contributed by atoms with Gasteiger partial charge in [0.15, 0.2) is 5.16 Å². The Bertz CT molecular complexity index is 442. The van der Waals surface area contributed by atoms with Gasteiger partial charge in [0.1, 0.15) is 6.33 Å². The number of nitrogens with zero attached hydrogens (tertiary/aromatic N) is 4. The van der Waals surface area contributed by atoms with Crippen LogP contribution in [-0.2, 0) is 4.79 Å². The van der Waals surface area contributed by atoms with E-state index in [1.54, 1.807) is 6.33 Å². The van der Waals surface area contributed by atoms with Crippen LogP contribution >= 0.6 is 11.8 Å². The summed E-state index contributed by atoms with van der Waals surface area (Å²) in [6.07, 6.45) is 4.20. The van der Waals surface area contributed by atoms with Crippen LogP contribution < -0.4 is 0 Å². The van der Waals surface area contributed by atoms with Crippen molar-refractivity contribution < 1.29 is 9.90 Å². The van der Waals surface area contributed by atoms with Gasteiger partial charge >= 0.3 is 5.97 Å².